The van der Waals surface area contributed by atoms with Crippen LogP contribution in [0.15, 0.2) is 54.3 Å². The molecule has 2 N–H and O–H groups in total. The molecule has 0 saturated heterocycles. The minimum absolute atomic E-state index is 0.185. The molecule has 1 aromatic heterocycles. The van der Waals surface area contributed by atoms with Gasteiger partial charge in [0.15, 0.2) is 0 Å². The Kier molecular flexibility index (Phi) is 4.04. The van der Waals surface area contributed by atoms with Gasteiger partial charge in [-0.3, -0.25) is 4.98 Å². The Hall–Kier alpha value is -2.61. The summed E-state index contributed by atoms with van der Waals surface area (Å²) in [6.07, 6.45) is 9.97. The van der Waals surface area contributed by atoms with Gasteiger partial charge in [0.1, 0.15) is 0 Å². The number of anilines is 2. The van der Waals surface area contributed by atoms with Gasteiger partial charge < -0.3 is 10.4 Å². The molecule has 120 valence electrons. The van der Waals surface area contributed by atoms with E-state index < -0.39 is 0 Å². The Morgan fingerprint density at radius 1 is 1.17 bits per heavy atom. The van der Waals surface area contributed by atoms with Crippen molar-refractivity contribution in [1.82, 2.24) is 4.98 Å². The fourth-order valence-corrected chi connectivity index (χ4v) is 3.32. The molecular weight excluding hydrogens is 296 g/mol. The summed E-state index contributed by atoms with van der Waals surface area (Å²) in [5.74, 6) is 0. The molecule has 2 aliphatic carbocycles. The van der Waals surface area contributed by atoms with Crippen molar-refractivity contribution in [1.29, 1.82) is 0 Å². The van der Waals surface area contributed by atoms with Crippen molar-refractivity contribution in [2.45, 2.75) is 25.7 Å². The molecule has 3 heteroatoms. The lowest BCUT2D eigenvalue weighted by atomic mass is 10.1. The number of benzene rings is 1. The standard InChI is InChI=1S/C21H20N2O/c24-13-12-15-8-10-17(11-9-15)22-21-14-20(16-4-1-2-5-16)23-19-7-3-6-18(19)21/h1-2,4,8-11,14,24H,3,6-7,12-13H2,(H,22,23). The number of aliphatic hydroxyl groups excluding tert-OH is 1. The molecule has 0 saturated carbocycles. The number of aromatic nitrogens is 1. The van der Waals surface area contributed by atoms with E-state index in [1.54, 1.807) is 0 Å². The molecule has 0 fully saturated rings. The van der Waals surface area contributed by atoms with Crippen molar-refractivity contribution in [3.05, 3.63) is 76.8 Å². The molecule has 1 aromatic carbocycles. The SMILES string of the molecule is OCCc1ccc(Nc2cc(C3=C=CC=C3)nc3c2CCC3)cc1. The van der Waals surface area contributed by atoms with E-state index in [4.69, 9.17) is 10.1 Å². The number of nitrogens with zero attached hydrogens (tertiary/aromatic N) is 1. The Balaban J connectivity index is 1.66. The number of aliphatic hydroxyl groups is 1. The average Bonchev–Trinajstić information content (AvgIpc) is 3.28. The molecule has 1 heterocycles. The summed E-state index contributed by atoms with van der Waals surface area (Å²) in [6.45, 7) is 0.185. The topological polar surface area (TPSA) is 45.1 Å². The minimum Gasteiger partial charge on any atom is -0.396 e. The molecule has 3 nitrogen and oxygen atoms in total. The van der Waals surface area contributed by atoms with E-state index in [2.05, 4.69) is 47.5 Å². The molecule has 0 unspecified atom stereocenters. The first-order valence-corrected chi connectivity index (χ1v) is 8.47. The van der Waals surface area contributed by atoms with E-state index in [9.17, 15) is 0 Å². The van der Waals surface area contributed by atoms with Crippen LogP contribution in [0.25, 0.3) is 5.57 Å². The van der Waals surface area contributed by atoms with Crippen LogP contribution in [0.2, 0.25) is 0 Å². The van der Waals surface area contributed by atoms with Gasteiger partial charge in [-0.25, -0.2) is 0 Å². The number of rotatable bonds is 5. The number of hydrogen-bond donors (Lipinski definition) is 2. The van der Waals surface area contributed by atoms with Gasteiger partial charge in [0, 0.05) is 29.2 Å². The maximum Gasteiger partial charge on any atom is 0.0803 e. The van der Waals surface area contributed by atoms with E-state index >= 15 is 0 Å². The fraction of sp³-hybridized carbons (Fsp3) is 0.238. The smallest absolute Gasteiger partial charge is 0.0803 e. The van der Waals surface area contributed by atoms with Crippen LogP contribution >= 0.6 is 0 Å². The third-order valence-corrected chi connectivity index (χ3v) is 4.56. The summed E-state index contributed by atoms with van der Waals surface area (Å²) in [5, 5.41) is 12.6. The zero-order chi connectivity index (χ0) is 16.4. The summed E-state index contributed by atoms with van der Waals surface area (Å²) in [5.41, 5.74) is 11.2. The van der Waals surface area contributed by atoms with E-state index in [0.29, 0.717) is 6.42 Å². The number of hydrogen-bond acceptors (Lipinski definition) is 3. The quantitative estimate of drug-likeness (QED) is 0.821. The van der Waals surface area contributed by atoms with Crippen molar-refractivity contribution in [2.24, 2.45) is 0 Å². The van der Waals surface area contributed by atoms with Gasteiger partial charge in [-0.15, -0.1) is 5.73 Å². The highest BCUT2D eigenvalue weighted by Crippen LogP contribution is 2.33. The minimum atomic E-state index is 0.185. The number of nitrogens with one attached hydrogen (secondary N) is 1. The molecule has 4 rings (SSSR count). The predicted molar refractivity (Wildman–Crippen MR) is 97.4 cm³/mol. The number of pyridine rings is 1. The molecule has 0 amide bonds. The highest BCUT2D eigenvalue weighted by molar-refractivity contribution is 5.78. The Labute approximate surface area is 142 Å². The van der Waals surface area contributed by atoms with Gasteiger partial charge in [0.2, 0.25) is 0 Å². The summed E-state index contributed by atoms with van der Waals surface area (Å²) in [7, 11) is 0. The second kappa shape index (κ2) is 6.48. The highest BCUT2D eigenvalue weighted by Gasteiger charge is 2.19. The predicted octanol–water partition coefficient (Wildman–Crippen LogP) is 3.96. The van der Waals surface area contributed by atoms with Gasteiger partial charge in [-0.05, 0) is 67.2 Å². The largest absolute Gasteiger partial charge is 0.396 e. The molecule has 0 bridgehead atoms. The first-order valence-electron chi connectivity index (χ1n) is 8.47. The molecule has 0 radical (unpaired) electrons. The van der Waals surface area contributed by atoms with Gasteiger partial charge in [-0.1, -0.05) is 18.2 Å². The molecule has 2 aromatic rings. The van der Waals surface area contributed by atoms with Crippen LogP contribution in [0.5, 0.6) is 0 Å². The lowest BCUT2D eigenvalue weighted by molar-refractivity contribution is 0.299. The zero-order valence-electron chi connectivity index (χ0n) is 13.5. The van der Waals surface area contributed by atoms with Gasteiger partial charge in [0.05, 0.1) is 5.69 Å². The zero-order valence-corrected chi connectivity index (χ0v) is 13.5. The van der Waals surface area contributed by atoms with Crippen molar-refractivity contribution in [2.75, 3.05) is 11.9 Å². The summed E-state index contributed by atoms with van der Waals surface area (Å²) in [6, 6.07) is 10.4. The second-order valence-electron chi connectivity index (χ2n) is 6.21. The molecule has 0 aliphatic heterocycles. The fourth-order valence-electron chi connectivity index (χ4n) is 3.32. The van der Waals surface area contributed by atoms with Crippen LogP contribution in [0.4, 0.5) is 11.4 Å². The molecular formula is C21H20N2O. The molecule has 0 spiro atoms. The molecule has 24 heavy (non-hydrogen) atoms. The first-order chi connectivity index (χ1) is 11.8. The normalized spacial score (nSPS) is 14.8. The van der Waals surface area contributed by atoms with Gasteiger partial charge in [-0.2, -0.15) is 0 Å². The molecule has 0 atom stereocenters. The van der Waals surface area contributed by atoms with Crippen LogP contribution in [-0.4, -0.2) is 16.7 Å². The van der Waals surface area contributed by atoms with E-state index in [0.717, 1.165) is 41.0 Å². The summed E-state index contributed by atoms with van der Waals surface area (Å²) >= 11 is 0. The Morgan fingerprint density at radius 3 is 2.79 bits per heavy atom. The maximum atomic E-state index is 9.03. The lowest BCUT2D eigenvalue weighted by Gasteiger charge is -2.14. The van der Waals surface area contributed by atoms with Crippen molar-refractivity contribution >= 4 is 16.9 Å². The monoisotopic (exact) mass is 316 g/mol. The Bertz CT molecular complexity index is 856. The maximum absolute atomic E-state index is 9.03. The van der Waals surface area contributed by atoms with E-state index in [1.807, 2.05) is 12.2 Å². The van der Waals surface area contributed by atoms with Crippen LogP contribution in [-0.2, 0) is 19.3 Å². The van der Waals surface area contributed by atoms with E-state index in [-0.39, 0.29) is 6.61 Å². The molecule has 2 aliphatic rings. The van der Waals surface area contributed by atoms with Gasteiger partial charge >= 0.3 is 0 Å². The summed E-state index contributed by atoms with van der Waals surface area (Å²) in [4.78, 5) is 4.84. The van der Waals surface area contributed by atoms with Crippen LogP contribution in [0.3, 0.4) is 0 Å². The lowest BCUT2D eigenvalue weighted by Crippen LogP contribution is -2.01. The second-order valence-corrected chi connectivity index (χ2v) is 6.21. The number of allylic oxidation sites excluding steroid dienone is 3. The van der Waals surface area contributed by atoms with Crippen LogP contribution in [0, 0.1) is 0 Å². The van der Waals surface area contributed by atoms with Crippen LogP contribution in [0.1, 0.15) is 28.9 Å². The number of fused-ring (bicyclic) bond motifs is 1. The van der Waals surface area contributed by atoms with E-state index in [1.165, 1.54) is 17.7 Å². The van der Waals surface area contributed by atoms with Crippen molar-refractivity contribution in [3.8, 4) is 0 Å². The highest BCUT2D eigenvalue weighted by atomic mass is 16.2. The Morgan fingerprint density at radius 2 is 2.04 bits per heavy atom. The van der Waals surface area contributed by atoms with Gasteiger partial charge in [0.25, 0.3) is 0 Å². The van der Waals surface area contributed by atoms with Crippen molar-refractivity contribution < 1.29 is 5.11 Å². The van der Waals surface area contributed by atoms with Crippen molar-refractivity contribution in [3.63, 3.8) is 0 Å². The number of aryl methyl sites for hydroxylation is 1. The third kappa shape index (κ3) is 2.92. The average molecular weight is 316 g/mol. The summed E-state index contributed by atoms with van der Waals surface area (Å²) < 4.78 is 0. The first kappa shape index (κ1) is 14.9. The third-order valence-electron chi connectivity index (χ3n) is 4.56. The van der Waals surface area contributed by atoms with Crippen LogP contribution < -0.4 is 5.32 Å².